The maximum atomic E-state index is 5.43. The second-order valence-corrected chi connectivity index (χ2v) is 8.36. The van der Waals surface area contributed by atoms with Crippen molar-refractivity contribution in [3.63, 3.8) is 0 Å². The lowest BCUT2D eigenvalue weighted by molar-refractivity contribution is 0.0377. The van der Waals surface area contributed by atoms with Crippen molar-refractivity contribution in [2.24, 2.45) is 10.9 Å². The molecular weight excluding hydrogens is 366 g/mol. The van der Waals surface area contributed by atoms with Crippen molar-refractivity contribution in [2.75, 3.05) is 45.9 Å². The molecule has 0 bridgehead atoms. The topological polar surface area (TPSA) is 79.6 Å². The predicted molar refractivity (Wildman–Crippen MR) is 116 cm³/mol. The quantitative estimate of drug-likeness (QED) is 0.370. The van der Waals surface area contributed by atoms with Crippen LogP contribution < -0.4 is 10.6 Å². The van der Waals surface area contributed by atoms with Gasteiger partial charge in [-0.25, -0.2) is 0 Å². The molecule has 8 heteroatoms. The molecule has 1 aliphatic heterocycles. The first-order chi connectivity index (χ1) is 14.2. The standard InChI is InChI=1S/C21H39N7O/c1-3-20-26-24-17-28(20)12-10-23-21(25-19-7-5-18(2)6-8-19)22-9-4-11-27-13-15-29-16-14-27/h17-19H,3-16H2,1-2H3,(H2,22,23,25). The summed E-state index contributed by atoms with van der Waals surface area (Å²) in [6.45, 7) is 11.9. The maximum Gasteiger partial charge on any atom is 0.191 e. The van der Waals surface area contributed by atoms with Gasteiger partial charge in [-0.2, -0.15) is 0 Å². The first-order valence-electron chi connectivity index (χ1n) is 11.5. The van der Waals surface area contributed by atoms with Crippen LogP contribution in [0.15, 0.2) is 11.3 Å². The molecule has 2 fully saturated rings. The van der Waals surface area contributed by atoms with Gasteiger partial charge in [0.1, 0.15) is 12.2 Å². The Morgan fingerprint density at radius 2 is 2.00 bits per heavy atom. The van der Waals surface area contributed by atoms with E-state index in [2.05, 4.69) is 44.1 Å². The van der Waals surface area contributed by atoms with Gasteiger partial charge < -0.3 is 19.9 Å². The summed E-state index contributed by atoms with van der Waals surface area (Å²) < 4.78 is 7.54. The summed E-state index contributed by atoms with van der Waals surface area (Å²) in [5, 5.41) is 15.4. The molecule has 1 aliphatic carbocycles. The van der Waals surface area contributed by atoms with E-state index in [1.54, 1.807) is 0 Å². The molecule has 1 saturated heterocycles. The van der Waals surface area contributed by atoms with Crippen LogP contribution in [-0.4, -0.2) is 77.6 Å². The second kappa shape index (κ2) is 12.1. The number of morpholine rings is 1. The van der Waals surface area contributed by atoms with E-state index >= 15 is 0 Å². The summed E-state index contributed by atoms with van der Waals surface area (Å²) in [7, 11) is 0. The molecule has 0 unspecified atom stereocenters. The zero-order chi connectivity index (χ0) is 20.3. The van der Waals surface area contributed by atoms with Gasteiger partial charge in [-0.3, -0.25) is 9.89 Å². The molecule has 3 rings (SSSR count). The van der Waals surface area contributed by atoms with Crippen LogP contribution >= 0.6 is 0 Å². The van der Waals surface area contributed by atoms with Crippen molar-refractivity contribution in [1.29, 1.82) is 0 Å². The van der Waals surface area contributed by atoms with Crippen LogP contribution in [0, 0.1) is 5.92 Å². The molecule has 0 atom stereocenters. The molecule has 29 heavy (non-hydrogen) atoms. The highest BCUT2D eigenvalue weighted by molar-refractivity contribution is 5.80. The fraction of sp³-hybridized carbons (Fsp3) is 0.857. The van der Waals surface area contributed by atoms with E-state index < -0.39 is 0 Å². The van der Waals surface area contributed by atoms with Gasteiger partial charge in [-0.1, -0.05) is 13.8 Å². The summed E-state index contributed by atoms with van der Waals surface area (Å²) in [6, 6.07) is 0.540. The molecule has 1 aromatic heterocycles. The number of nitrogens with one attached hydrogen (secondary N) is 2. The fourth-order valence-corrected chi connectivity index (χ4v) is 4.09. The van der Waals surface area contributed by atoms with Crippen LogP contribution in [0.25, 0.3) is 0 Å². The highest BCUT2D eigenvalue weighted by Crippen LogP contribution is 2.23. The number of hydrogen-bond donors (Lipinski definition) is 2. The molecule has 1 aromatic rings. The van der Waals surface area contributed by atoms with Crippen molar-refractivity contribution in [3.05, 3.63) is 12.2 Å². The van der Waals surface area contributed by atoms with Crippen molar-refractivity contribution in [1.82, 2.24) is 30.3 Å². The molecule has 0 radical (unpaired) electrons. The lowest BCUT2D eigenvalue weighted by atomic mass is 9.87. The fourth-order valence-electron chi connectivity index (χ4n) is 4.09. The molecule has 0 amide bonds. The molecule has 2 heterocycles. The minimum absolute atomic E-state index is 0.540. The average molecular weight is 406 g/mol. The third-order valence-electron chi connectivity index (χ3n) is 6.02. The van der Waals surface area contributed by atoms with Gasteiger partial charge in [0.25, 0.3) is 0 Å². The number of ether oxygens (including phenoxy) is 1. The summed E-state index contributed by atoms with van der Waals surface area (Å²) in [5.41, 5.74) is 0. The van der Waals surface area contributed by atoms with Gasteiger partial charge in [0, 0.05) is 51.7 Å². The van der Waals surface area contributed by atoms with Gasteiger partial charge in [0.2, 0.25) is 0 Å². The highest BCUT2D eigenvalue weighted by atomic mass is 16.5. The second-order valence-electron chi connectivity index (χ2n) is 8.36. The molecule has 0 aromatic carbocycles. The van der Waals surface area contributed by atoms with E-state index in [-0.39, 0.29) is 0 Å². The minimum Gasteiger partial charge on any atom is -0.379 e. The Bertz CT molecular complexity index is 604. The van der Waals surface area contributed by atoms with Crippen molar-refractivity contribution in [3.8, 4) is 0 Å². The molecule has 0 spiro atoms. The summed E-state index contributed by atoms with van der Waals surface area (Å²) in [5.74, 6) is 2.85. The van der Waals surface area contributed by atoms with Crippen molar-refractivity contribution < 1.29 is 4.74 Å². The average Bonchev–Trinajstić information content (AvgIpc) is 3.21. The van der Waals surface area contributed by atoms with E-state index in [1.165, 1.54) is 25.7 Å². The number of hydrogen-bond acceptors (Lipinski definition) is 5. The Labute approximate surface area is 175 Å². The molecule has 2 aliphatic rings. The number of rotatable bonds is 9. The van der Waals surface area contributed by atoms with Gasteiger partial charge in [-0.05, 0) is 38.0 Å². The van der Waals surface area contributed by atoms with E-state index in [9.17, 15) is 0 Å². The predicted octanol–water partition coefficient (Wildman–Crippen LogP) is 1.68. The normalized spacial score (nSPS) is 23.9. The zero-order valence-corrected chi connectivity index (χ0v) is 18.3. The Kier molecular flexibility index (Phi) is 9.21. The Morgan fingerprint density at radius 1 is 1.21 bits per heavy atom. The van der Waals surface area contributed by atoms with Gasteiger partial charge in [0.05, 0.1) is 13.2 Å². The van der Waals surface area contributed by atoms with Gasteiger partial charge in [0.15, 0.2) is 5.96 Å². The smallest absolute Gasteiger partial charge is 0.191 e. The Hall–Kier alpha value is -1.67. The lowest BCUT2D eigenvalue weighted by Gasteiger charge is -2.28. The van der Waals surface area contributed by atoms with Crippen LogP contribution in [0.2, 0.25) is 0 Å². The third-order valence-corrected chi connectivity index (χ3v) is 6.02. The third kappa shape index (κ3) is 7.59. The van der Waals surface area contributed by atoms with Crippen LogP contribution in [-0.2, 0) is 17.7 Å². The number of aromatic nitrogens is 3. The van der Waals surface area contributed by atoms with Gasteiger partial charge >= 0.3 is 0 Å². The Balaban J connectivity index is 1.46. The number of guanidine groups is 1. The monoisotopic (exact) mass is 405 g/mol. The molecule has 164 valence electrons. The van der Waals surface area contributed by atoms with E-state index in [1.807, 2.05) is 6.33 Å². The SMILES string of the molecule is CCc1nncn1CCNC(=NCCCN1CCOCC1)NC1CCC(C)CC1. The van der Waals surface area contributed by atoms with Crippen LogP contribution in [0.1, 0.15) is 51.8 Å². The number of aliphatic imine (C=N–C) groups is 1. The van der Waals surface area contributed by atoms with Gasteiger partial charge in [-0.15, -0.1) is 10.2 Å². The van der Waals surface area contributed by atoms with Crippen LogP contribution in [0.5, 0.6) is 0 Å². The van der Waals surface area contributed by atoms with E-state index in [0.717, 1.165) is 83.0 Å². The Morgan fingerprint density at radius 3 is 2.76 bits per heavy atom. The van der Waals surface area contributed by atoms with E-state index in [0.29, 0.717) is 6.04 Å². The van der Waals surface area contributed by atoms with Crippen LogP contribution in [0.4, 0.5) is 0 Å². The zero-order valence-electron chi connectivity index (χ0n) is 18.3. The molecule has 2 N–H and O–H groups in total. The summed E-state index contributed by atoms with van der Waals surface area (Å²) >= 11 is 0. The van der Waals surface area contributed by atoms with Crippen LogP contribution in [0.3, 0.4) is 0 Å². The van der Waals surface area contributed by atoms with E-state index in [4.69, 9.17) is 9.73 Å². The first kappa shape index (κ1) is 22.0. The summed E-state index contributed by atoms with van der Waals surface area (Å²) in [6.07, 6.45) is 8.89. The first-order valence-corrected chi connectivity index (χ1v) is 11.5. The lowest BCUT2D eigenvalue weighted by Crippen LogP contribution is -2.45. The largest absolute Gasteiger partial charge is 0.379 e. The minimum atomic E-state index is 0.540. The highest BCUT2D eigenvalue weighted by Gasteiger charge is 2.19. The number of aryl methyl sites for hydroxylation is 1. The van der Waals surface area contributed by atoms with Crippen molar-refractivity contribution in [2.45, 2.75) is 65.0 Å². The summed E-state index contributed by atoms with van der Waals surface area (Å²) in [4.78, 5) is 7.35. The molecule has 1 saturated carbocycles. The maximum absolute atomic E-state index is 5.43. The number of nitrogens with zero attached hydrogens (tertiary/aromatic N) is 5. The molecular formula is C21H39N7O. The molecule has 8 nitrogen and oxygen atoms in total. The van der Waals surface area contributed by atoms with Crippen molar-refractivity contribution >= 4 is 5.96 Å².